The van der Waals surface area contributed by atoms with Crippen LogP contribution in [0.4, 0.5) is 36.3 Å². The maximum absolute atomic E-state index is 13.9. The smallest absolute Gasteiger partial charge is 0.421 e. The number of aromatic nitrogens is 2. The summed E-state index contributed by atoms with van der Waals surface area (Å²) in [7, 11) is 1.89. The number of halogens is 3. The summed E-state index contributed by atoms with van der Waals surface area (Å²) in [6.07, 6.45) is -3.59. The third-order valence-corrected chi connectivity index (χ3v) is 7.82. The molecular formula is C27H28F3N6O4P. The first kappa shape index (κ1) is 30.0. The van der Waals surface area contributed by atoms with Gasteiger partial charge in [-0.15, -0.1) is 0 Å². The van der Waals surface area contributed by atoms with Crippen molar-refractivity contribution < 1.29 is 31.8 Å². The lowest BCUT2D eigenvalue weighted by atomic mass is 10.0. The number of hydrogen-bond donors (Lipinski definition) is 2. The van der Waals surface area contributed by atoms with Crippen LogP contribution in [0.2, 0.25) is 0 Å². The van der Waals surface area contributed by atoms with Crippen LogP contribution in [0.1, 0.15) is 46.5 Å². The zero-order chi connectivity index (χ0) is 29.7. The number of carbonyl (C=O) groups is 1. The Balaban J connectivity index is 1.66. The van der Waals surface area contributed by atoms with Gasteiger partial charge in [0.1, 0.15) is 17.1 Å². The fourth-order valence-corrected chi connectivity index (χ4v) is 5.59. The molecule has 1 aliphatic rings. The van der Waals surface area contributed by atoms with Gasteiger partial charge in [0.05, 0.1) is 48.9 Å². The first-order valence-electron chi connectivity index (χ1n) is 12.6. The Morgan fingerprint density at radius 1 is 1.12 bits per heavy atom. The Morgan fingerprint density at radius 2 is 1.83 bits per heavy atom. The predicted molar refractivity (Wildman–Crippen MR) is 147 cm³/mol. The molecule has 2 aromatic carbocycles. The number of nitrogens with one attached hydrogen (secondary N) is 2. The molecule has 1 aliphatic heterocycles. The number of alkyl halides is 3. The maximum Gasteiger partial charge on any atom is 0.421 e. The van der Waals surface area contributed by atoms with E-state index >= 15 is 0 Å². The molecule has 4 rings (SSSR count). The molecule has 3 aromatic rings. The molecule has 10 nitrogen and oxygen atoms in total. The lowest BCUT2D eigenvalue weighted by Gasteiger charge is -2.18. The van der Waals surface area contributed by atoms with Gasteiger partial charge in [0.25, 0.3) is 5.91 Å². The zero-order valence-corrected chi connectivity index (χ0v) is 23.7. The van der Waals surface area contributed by atoms with E-state index in [-0.39, 0.29) is 29.3 Å². The average Bonchev–Trinajstić information content (AvgIpc) is 3.23. The van der Waals surface area contributed by atoms with E-state index in [9.17, 15) is 23.2 Å². The van der Waals surface area contributed by atoms with E-state index in [4.69, 9.17) is 13.8 Å². The number of nitrogens with zero attached hydrogens (tertiary/aromatic N) is 4. The van der Waals surface area contributed by atoms with Crippen LogP contribution in [-0.2, 0) is 27.9 Å². The minimum atomic E-state index is -4.78. The fraction of sp³-hybridized carbons (Fsp3) is 0.333. The van der Waals surface area contributed by atoms with Crippen LogP contribution in [0.3, 0.4) is 0 Å². The standard InChI is InChI=1S/C27H28F3N6O4P/c1-5-39-41(40-6-2)15-16-7-9-20(22(11-16)38-4)34-26-32-13-19(27(28,29)30)24(35-26)33-21-10-8-17(12-31)18-14-36(3)25(37)23(18)21/h7-11,13H,5-6,14-15H2,1-4H3,(H2,32,33,34,35). The topological polar surface area (TPSA) is 122 Å². The normalized spacial score (nSPS) is 12.9. The van der Waals surface area contributed by atoms with Crippen molar-refractivity contribution in [2.75, 3.05) is 38.0 Å². The van der Waals surface area contributed by atoms with Crippen LogP contribution in [0.15, 0.2) is 36.5 Å². The van der Waals surface area contributed by atoms with Crippen molar-refractivity contribution in [2.45, 2.75) is 32.7 Å². The van der Waals surface area contributed by atoms with Gasteiger partial charge in [-0.25, -0.2) is 4.98 Å². The Bertz CT molecular complexity index is 1470. The number of benzene rings is 2. The van der Waals surface area contributed by atoms with E-state index in [1.54, 1.807) is 19.2 Å². The number of rotatable bonds is 11. The molecule has 41 heavy (non-hydrogen) atoms. The van der Waals surface area contributed by atoms with Crippen LogP contribution in [0.25, 0.3) is 0 Å². The second kappa shape index (κ2) is 12.7. The minimum Gasteiger partial charge on any atom is -0.495 e. The van der Waals surface area contributed by atoms with E-state index in [0.29, 0.717) is 42.6 Å². The molecule has 14 heteroatoms. The van der Waals surface area contributed by atoms with Gasteiger partial charge in [0.15, 0.2) is 8.38 Å². The number of hydrogen-bond acceptors (Lipinski definition) is 9. The quantitative estimate of drug-likeness (QED) is 0.247. The molecule has 0 atom stereocenters. The molecule has 0 fully saturated rings. The van der Waals surface area contributed by atoms with Crippen LogP contribution >= 0.6 is 8.38 Å². The van der Waals surface area contributed by atoms with Crippen molar-refractivity contribution >= 4 is 37.4 Å². The molecule has 0 bridgehead atoms. The Kier molecular flexibility index (Phi) is 9.28. The van der Waals surface area contributed by atoms with Crippen molar-refractivity contribution in [2.24, 2.45) is 0 Å². The highest BCUT2D eigenvalue weighted by atomic mass is 31.2. The van der Waals surface area contributed by atoms with Gasteiger partial charge >= 0.3 is 6.18 Å². The van der Waals surface area contributed by atoms with E-state index in [1.165, 1.54) is 24.1 Å². The number of fused-ring (bicyclic) bond motifs is 1. The molecule has 1 amide bonds. The molecule has 0 unspecified atom stereocenters. The summed E-state index contributed by atoms with van der Waals surface area (Å²) in [5, 5.41) is 15.0. The molecule has 216 valence electrons. The third-order valence-electron chi connectivity index (χ3n) is 6.11. The van der Waals surface area contributed by atoms with Gasteiger partial charge in [0.2, 0.25) is 5.95 Å². The predicted octanol–water partition coefficient (Wildman–Crippen LogP) is 6.33. The summed E-state index contributed by atoms with van der Waals surface area (Å²) in [6, 6.07) is 10.2. The highest BCUT2D eigenvalue weighted by Crippen LogP contribution is 2.43. The molecule has 0 aliphatic carbocycles. The number of amides is 1. The first-order valence-corrected chi connectivity index (χ1v) is 14.0. The summed E-state index contributed by atoms with van der Waals surface area (Å²) in [5.74, 6) is -0.685. The lowest BCUT2D eigenvalue weighted by Crippen LogP contribution is -2.18. The molecule has 0 radical (unpaired) electrons. The summed E-state index contributed by atoms with van der Waals surface area (Å²) in [5.41, 5.74) is 1.13. The number of ether oxygens (including phenoxy) is 1. The van der Waals surface area contributed by atoms with Crippen molar-refractivity contribution in [3.63, 3.8) is 0 Å². The Labute approximate surface area is 236 Å². The molecule has 0 saturated carbocycles. The highest BCUT2D eigenvalue weighted by Gasteiger charge is 2.37. The molecule has 0 spiro atoms. The number of nitriles is 1. The average molecular weight is 589 g/mol. The first-order chi connectivity index (χ1) is 19.6. The fourth-order valence-electron chi connectivity index (χ4n) is 4.26. The van der Waals surface area contributed by atoms with Crippen molar-refractivity contribution in [1.29, 1.82) is 5.26 Å². The van der Waals surface area contributed by atoms with E-state index in [2.05, 4.69) is 20.6 Å². The number of carbonyl (C=O) groups excluding carboxylic acids is 1. The van der Waals surface area contributed by atoms with Crippen molar-refractivity contribution in [3.05, 3.63) is 64.3 Å². The lowest BCUT2D eigenvalue weighted by molar-refractivity contribution is -0.137. The number of methoxy groups -OCH3 is 1. The molecule has 2 heterocycles. The Hall–Kier alpha value is -3.98. The van der Waals surface area contributed by atoms with Crippen molar-refractivity contribution in [3.8, 4) is 11.8 Å². The van der Waals surface area contributed by atoms with Crippen LogP contribution < -0.4 is 15.4 Å². The summed E-state index contributed by atoms with van der Waals surface area (Å²) < 4.78 is 58.6. The summed E-state index contributed by atoms with van der Waals surface area (Å²) in [6.45, 7) is 4.98. The van der Waals surface area contributed by atoms with Gasteiger partial charge in [-0.1, -0.05) is 6.07 Å². The largest absolute Gasteiger partial charge is 0.495 e. The van der Waals surface area contributed by atoms with E-state index in [0.717, 1.165) is 5.56 Å². The van der Waals surface area contributed by atoms with Gasteiger partial charge in [-0.05, 0) is 43.7 Å². The monoisotopic (exact) mass is 588 g/mol. The van der Waals surface area contributed by atoms with E-state index in [1.807, 2.05) is 26.0 Å². The van der Waals surface area contributed by atoms with Crippen LogP contribution in [0, 0.1) is 11.3 Å². The molecule has 2 N–H and O–H groups in total. The van der Waals surface area contributed by atoms with Gasteiger partial charge < -0.3 is 29.3 Å². The minimum absolute atomic E-state index is 0.102. The maximum atomic E-state index is 13.9. The Morgan fingerprint density at radius 3 is 2.46 bits per heavy atom. The second-order valence-electron chi connectivity index (χ2n) is 8.85. The highest BCUT2D eigenvalue weighted by molar-refractivity contribution is 7.46. The molecule has 0 saturated heterocycles. The summed E-state index contributed by atoms with van der Waals surface area (Å²) >= 11 is 0. The molecule has 1 aromatic heterocycles. The van der Waals surface area contributed by atoms with Crippen LogP contribution in [0.5, 0.6) is 5.75 Å². The SMILES string of the molecule is CCOP(Cc1ccc(Nc2ncc(C(F)(F)F)c(Nc3ccc(C#N)c4c3C(=O)N(C)C4)n2)c(OC)c1)OCC. The molecular weight excluding hydrogens is 560 g/mol. The van der Waals surface area contributed by atoms with Crippen LogP contribution in [-0.4, -0.2) is 48.1 Å². The van der Waals surface area contributed by atoms with Gasteiger partial charge in [0, 0.05) is 31.5 Å². The third kappa shape index (κ3) is 6.68. The summed E-state index contributed by atoms with van der Waals surface area (Å²) in [4.78, 5) is 22.1. The van der Waals surface area contributed by atoms with E-state index < -0.39 is 31.8 Å². The second-order valence-corrected chi connectivity index (χ2v) is 10.4. The number of anilines is 4. The van der Waals surface area contributed by atoms with Crippen molar-refractivity contribution in [1.82, 2.24) is 14.9 Å². The van der Waals surface area contributed by atoms with Gasteiger partial charge in [-0.3, -0.25) is 4.79 Å². The zero-order valence-electron chi connectivity index (χ0n) is 22.8. The van der Waals surface area contributed by atoms with Gasteiger partial charge in [-0.2, -0.15) is 23.4 Å².